The molecule has 1 aromatic carbocycles. The highest BCUT2D eigenvalue weighted by atomic mass is 16.5. The first-order chi connectivity index (χ1) is 6.31. The first kappa shape index (κ1) is 9.59. The molecular weight excluding hydrogens is 160 g/mol. The summed E-state index contributed by atoms with van der Waals surface area (Å²) in [5.41, 5.74) is 0. The van der Waals surface area contributed by atoms with Crippen LogP contribution in [-0.4, -0.2) is 7.11 Å². The van der Waals surface area contributed by atoms with Gasteiger partial charge in [0.05, 0.1) is 7.11 Å². The minimum Gasteiger partial charge on any atom is -0.497 e. The molecule has 0 N–H and O–H groups in total. The van der Waals surface area contributed by atoms with Crippen LogP contribution >= 0.6 is 0 Å². The Labute approximate surface area is 78.7 Å². The lowest BCUT2D eigenvalue weighted by Crippen LogP contribution is -2.23. The van der Waals surface area contributed by atoms with Gasteiger partial charge in [-0.05, 0) is 29.5 Å². The molecule has 0 aliphatic heterocycles. The van der Waals surface area contributed by atoms with Crippen LogP contribution in [0.5, 0.6) is 5.75 Å². The summed E-state index contributed by atoms with van der Waals surface area (Å²) >= 11 is 0. The second kappa shape index (κ2) is 4.51. The van der Waals surface area contributed by atoms with Gasteiger partial charge in [0.1, 0.15) is 5.75 Å². The van der Waals surface area contributed by atoms with Crippen LogP contribution in [-0.2, 0) is 0 Å². The van der Waals surface area contributed by atoms with E-state index in [-0.39, 0.29) is 0 Å². The molecule has 0 amide bonds. The minimum atomic E-state index is 0.874. The number of ether oxygens (including phenoxy) is 1. The molecule has 0 saturated heterocycles. The molecular formula is C12H14O. The van der Waals surface area contributed by atoms with E-state index in [1.165, 1.54) is 5.22 Å². The average molecular weight is 174 g/mol. The van der Waals surface area contributed by atoms with Crippen LogP contribution in [0.4, 0.5) is 0 Å². The molecule has 13 heavy (non-hydrogen) atoms. The molecule has 0 bridgehead atoms. The topological polar surface area (TPSA) is 9.23 Å². The molecule has 0 aliphatic carbocycles. The predicted molar refractivity (Wildman–Crippen MR) is 57.0 cm³/mol. The zero-order valence-electron chi connectivity index (χ0n) is 8.08. The lowest BCUT2D eigenvalue weighted by molar-refractivity contribution is 0.414. The molecule has 0 atom stereocenters. The molecule has 0 fully saturated rings. The first-order valence-electron chi connectivity index (χ1n) is 4.25. The van der Waals surface area contributed by atoms with Gasteiger partial charge in [0.15, 0.2) is 0 Å². The van der Waals surface area contributed by atoms with E-state index < -0.39 is 0 Å². The highest BCUT2D eigenvalue weighted by Crippen LogP contribution is 2.01. The molecule has 68 valence electrons. The van der Waals surface area contributed by atoms with E-state index >= 15 is 0 Å². The van der Waals surface area contributed by atoms with Crippen LogP contribution in [0.2, 0.25) is 0 Å². The zero-order valence-corrected chi connectivity index (χ0v) is 8.08. The fourth-order valence-electron chi connectivity index (χ4n) is 1.21. The molecule has 1 rings (SSSR count). The third kappa shape index (κ3) is 2.22. The second-order valence-electron chi connectivity index (χ2n) is 2.69. The van der Waals surface area contributed by atoms with Gasteiger partial charge in [-0.25, -0.2) is 0 Å². The summed E-state index contributed by atoms with van der Waals surface area (Å²) < 4.78 is 5.13. The van der Waals surface area contributed by atoms with Gasteiger partial charge in [0, 0.05) is 0 Å². The van der Waals surface area contributed by atoms with Gasteiger partial charge in [-0.3, -0.25) is 0 Å². The summed E-state index contributed by atoms with van der Waals surface area (Å²) in [6.45, 7) is 5.69. The van der Waals surface area contributed by atoms with Gasteiger partial charge in [-0.1, -0.05) is 30.9 Å². The van der Waals surface area contributed by atoms with Gasteiger partial charge in [0.2, 0.25) is 0 Å². The second-order valence-corrected chi connectivity index (χ2v) is 2.69. The smallest absolute Gasteiger partial charge is 0.119 e. The molecule has 0 aliphatic rings. The van der Waals surface area contributed by atoms with Gasteiger partial charge in [-0.15, -0.1) is 0 Å². The summed E-state index contributed by atoms with van der Waals surface area (Å²) in [7, 11) is 1.67. The first-order valence-corrected chi connectivity index (χ1v) is 4.25. The zero-order chi connectivity index (χ0) is 9.68. The predicted octanol–water partition coefficient (Wildman–Crippen LogP) is 1.46. The number of hydrogen-bond acceptors (Lipinski definition) is 1. The molecule has 0 radical (unpaired) electrons. The Morgan fingerprint density at radius 3 is 2.62 bits per heavy atom. The Hall–Kier alpha value is -1.50. The van der Waals surface area contributed by atoms with Gasteiger partial charge in [0.25, 0.3) is 0 Å². The molecule has 0 saturated carbocycles. The lowest BCUT2D eigenvalue weighted by atomic mass is 10.2. The van der Waals surface area contributed by atoms with Crippen molar-refractivity contribution >= 4 is 12.2 Å². The third-order valence-electron chi connectivity index (χ3n) is 1.90. The third-order valence-corrected chi connectivity index (χ3v) is 1.90. The maximum atomic E-state index is 5.13. The number of benzene rings is 1. The normalized spacial score (nSPS) is 13.1. The number of allylic oxidation sites excluding steroid dienone is 1. The van der Waals surface area contributed by atoms with E-state index in [4.69, 9.17) is 4.74 Å². The Bertz CT molecular complexity index is 402. The monoisotopic (exact) mass is 174 g/mol. The van der Waals surface area contributed by atoms with Gasteiger partial charge >= 0.3 is 0 Å². The van der Waals surface area contributed by atoms with E-state index in [9.17, 15) is 0 Å². The van der Waals surface area contributed by atoms with Crippen LogP contribution in [0.15, 0.2) is 30.9 Å². The van der Waals surface area contributed by atoms with Crippen LogP contribution in [0, 0.1) is 0 Å². The fourth-order valence-corrected chi connectivity index (χ4v) is 1.21. The van der Waals surface area contributed by atoms with Crippen molar-refractivity contribution in [2.24, 2.45) is 0 Å². The van der Waals surface area contributed by atoms with E-state index in [1.54, 1.807) is 13.2 Å². The summed E-state index contributed by atoms with van der Waals surface area (Å²) in [4.78, 5) is 0. The molecule has 1 aromatic rings. The van der Waals surface area contributed by atoms with E-state index in [2.05, 4.69) is 12.7 Å². The maximum absolute atomic E-state index is 5.13. The van der Waals surface area contributed by atoms with Crippen molar-refractivity contribution < 1.29 is 4.74 Å². The molecule has 0 heterocycles. The highest BCUT2D eigenvalue weighted by molar-refractivity contribution is 5.40. The minimum absolute atomic E-state index is 0.874. The summed E-state index contributed by atoms with van der Waals surface area (Å²) in [6, 6.07) is 5.99. The maximum Gasteiger partial charge on any atom is 0.119 e. The standard InChI is InChI=1S/C12H14O/c1-4-6-11-9-12(13-3)8-7-10(11)5-2/h4-9H,1H2,2-3H3/b10-5-,11-6-. The van der Waals surface area contributed by atoms with Gasteiger partial charge < -0.3 is 4.74 Å². The van der Waals surface area contributed by atoms with Crippen molar-refractivity contribution in [2.75, 3.05) is 7.11 Å². The molecule has 1 heteroatoms. The molecule has 1 nitrogen and oxygen atoms in total. The Kier molecular flexibility index (Phi) is 3.32. The Balaban J connectivity index is 3.44. The van der Waals surface area contributed by atoms with E-state index in [0.29, 0.717) is 0 Å². The quantitative estimate of drug-likeness (QED) is 0.659. The summed E-state index contributed by atoms with van der Waals surface area (Å²) in [6.07, 6.45) is 5.81. The van der Waals surface area contributed by atoms with Crippen LogP contribution in [0.25, 0.3) is 12.2 Å². The number of hydrogen-bond donors (Lipinski definition) is 0. The van der Waals surface area contributed by atoms with Crippen LogP contribution in [0.1, 0.15) is 6.92 Å². The SMILES string of the molecule is C=C/C=c1/cc(OC)cc/c1=C/C. The highest BCUT2D eigenvalue weighted by Gasteiger charge is 1.89. The Morgan fingerprint density at radius 2 is 2.08 bits per heavy atom. The summed E-state index contributed by atoms with van der Waals surface area (Å²) in [5, 5.41) is 2.33. The van der Waals surface area contributed by atoms with Crippen molar-refractivity contribution in [3.05, 3.63) is 41.3 Å². The molecule has 0 aromatic heterocycles. The summed E-state index contributed by atoms with van der Waals surface area (Å²) in [5.74, 6) is 0.874. The van der Waals surface area contributed by atoms with Crippen LogP contribution < -0.4 is 15.2 Å². The van der Waals surface area contributed by atoms with Crippen molar-refractivity contribution in [3.63, 3.8) is 0 Å². The van der Waals surface area contributed by atoms with Crippen molar-refractivity contribution in [2.45, 2.75) is 6.92 Å². The van der Waals surface area contributed by atoms with Crippen LogP contribution in [0.3, 0.4) is 0 Å². The molecule has 0 spiro atoms. The number of methoxy groups -OCH3 is 1. The van der Waals surface area contributed by atoms with Crippen molar-refractivity contribution in [3.8, 4) is 5.75 Å². The largest absolute Gasteiger partial charge is 0.497 e. The average Bonchev–Trinajstić information content (AvgIpc) is 2.18. The van der Waals surface area contributed by atoms with Crippen molar-refractivity contribution in [1.82, 2.24) is 0 Å². The number of rotatable bonds is 2. The van der Waals surface area contributed by atoms with Gasteiger partial charge in [-0.2, -0.15) is 0 Å². The van der Waals surface area contributed by atoms with E-state index in [1.807, 2.05) is 31.2 Å². The molecule has 0 unspecified atom stereocenters. The van der Waals surface area contributed by atoms with Crippen molar-refractivity contribution in [1.29, 1.82) is 0 Å². The lowest BCUT2D eigenvalue weighted by Gasteiger charge is -1.98. The van der Waals surface area contributed by atoms with E-state index in [0.717, 1.165) is 11.0 Å². The Morgan fingerprint density at radius 1 is 1.31 bits per heavy atom. The fraction of sp³-hybridized carbons (Fsp3) is 0.167.